The smallest absolute Gasteiger partial charge is 0.153 e. The molecule has 1 aliphatic heterocycles. The average Bonchev–Trinajstić information content (AvgIpc) is 3.00. The Morgan fingerprint density at radius 3 is 2.43 bits per heavy atom. The van der Waals surface area contributed by atoms with Gasteiger partial charge in [-0.3, -0.25) is 0 Å². The fourth-order valence-electron chi connectivity index (χ4n) is 4.53. The minimum Gasteiger partial charge on any atom is -0.350 e. The molecule has 3 heterocycles. The summed E-state index contributed by atoms with van der Waals surface area (Å²) in [5.74, 6) is 1.07. The normalized spacial score (nSPS) is 13.2. The third-order valence-corrected chi connectivity index (χ3v) is 6.56. The van der Waals surface area contributed by atoms with Gasteiger partial charge in [0.05, 0.1) is 5.52 Å². The van der Waals surface area contributed by atoms with Crippen LogP contribution in [0.4, 0.5) is 5.82 Å². The number of aryl methyl sites for hydroxylation is 1. The monoisotopic (exact) mass is 435 g/mol. The van der Waals surface area contributed by atoms with Crippen molar-refractivity contribution in [3.05, 3.63) is 88.7 Å². The molecule has 0 aliphatic carbocycles. The van der Waals surface area contributed by atoms with Gasteiger partial charge in [-0.2, -0.15) is 0 Å². The van der Waals surface area contributed by atoms with E-state index in [1.54, 1.807) is 0 Å². The second-order valence-electron chi connectivity index (χ2n) is 7.91. The molecule has 0 saturated carbocycles. The van der Waals surface area contributed by atoms with Crippen LogP contribution in [0.2, 0.25) is 0 Å². The molecule has 3 nitrogen and oxygen atoms in total. The van der Waals surface area contributed by atoms with Gasteiger partial charge in [0.25, 0.3) is 0 Å². The number of benzene rings is 2. The highest BCUT2D eigenvalue weighted by Gasteiger charge is 2.24. The summed E-state index contributed by atoms with van der Waals surface area (Å²) in [6, 6.07) is 19.4. The fourth-order valence-corrected chi connectivity index (χ4v) is 4.86. The standard InChI is InChI=1S/C25H25N3S.ClH/c1-17-18(2)28(15-19-8-4-3-5-9-19)24-23(17)22(29)14-26-25(24)27-13-12-20-10-6-7-11-21(20)16-27;/h3-11,14,29H,12-13,15-16H2,1-2H3;1H. The van der Waals surface area contributed by atoms with Crippen molar-refractivity contribution in [3.8, 4) is 0 Å². The summed E-state index contributed by atoms with van der Waals surface area (Å²) in [4.78, 5) is 8.27. The van der Waals surface area contributed by atoms with Gasteiger partial charge in [0, 0.05) is 41.8 Å². The maximum absolute atomic E-state index is 4.89. The van der Waals surface area contributed by atoms with Crippen molar-refractivity contribution >= 4 is 41.8 Å². The molecule has 2 aromatic carbocycles. The number of hydrogen-bond acceptors (Lipinski definition) is 3. The molecule has 0 spiro atoms. The van der Waals surface area contributed by atoms with E-state index in [4.69, 9.17) is 17.6 Å². The molecule has 0 radical (unpaired) electrons. The summed E-state index contributed by atoms with van der Waals surface area (Å²) in [7, 11) is 0. The largest absolute Gasteiger partial charge is 0.350 e. The van der Waals surface area contributed by atoms with Gasteiger partial charge in [0.1, 0.15) is 0 Å². The molecular weight excluding hydrogens is 410 g/mol. The predicted molar refractivity (Wildman–Crippen MR) is 130 cm³/mol. The maximum Gasteiger partial charge on any atom is 0.153 e. The molecule has 30 heavy (non-hydrogen) atoms. The Bertz CT molecular complexity index is 1200. The highest BCUT2D eigenvalue weighted by Crippen LogP contribution is 2.37. The van der Waals surface area contributed by atoms with Crippen LogP contribution >= 0.6 is 25.0 Å². The lowest BCUT2D eigenvalue weighted by Gasteiger charge is -2.30. The first-order chi connectivity index (χ1) is 14.1. The molecule has 154 valence electrons. The van der Waals surface area contributed by atoms with Gasteiger partial charge in [-0.15, -0.1) is 25.0 Å². The van der Waals surface area contributed by atoms with Crippen LogP contribution in [0.3, 0.4) is 0 Å². The average molecular weight is 436 g/mol. The number of fused-ring (bicyclic) bond motifs is 2. The number of aromatic nitrogens is 2. The second kappa shape index (κ2) is 8.37. The summed E-state index contributed by atoms with van der Waals surface area (Å²) >= 11 is 4.77. The summed E-state index contributed by atoms with van der Waals surface area (Å²) in [5.41, 5.74) is 7.94. The Balaban J connectivity index is 0.00000218. The molecule has 5 rings (SSSR count). The molecular formula is C25H26ClN3S. The van der Waals surface area contributed by atoms with E-state index < -0.39 is 0 Å². The van der Waals surface area contributed by atoms with Crippen molar-refractivity contribution in [2.45, 2.75) is 38.3 Å². The Kier molecular flexibility index (Phi) is 5.81. The summed E-state index contributed by atoms with van der Waals surface area (Å²) < 4.78 is 2.42. The third kappa shape index (κ3) is 3.48. The van der Waals surface area contributed by atoms with Gasteiger partial charge in [0.15, 0.2) is 5.82 Å². The number of pyridine rings is 1. The fraction of sp³-hybridized carbons (Fsp3) is 0.240. The van der Waals surface area contributed by atoms with Crippen molar-refractivity contribution < 1.29 is 0 Å². The first-order valence-corrected chi connectivity index (χ1v) is 10.6. The van der Waals surface area contributed by atoms with Gasteiger partial charge >= 0.3 is 0 Å². The molecule has 1 aliphatic rings. The van der Waals surface area contributed by atoms with E-state index in [1.165, 1.54) is 38.9 Å². The van der Waals surface area contributed by atoms with Crippen LogP contribution in [0.1, 0.15) is 27.9 Å². The maximum atomic E-state index is 4.89. The minimum absolute atomic E-state index is 0. The van der Waals surface area contributed by atoms with Gasteiger partial charge in [-0.25, -0.2) is 4.98 Å². The number of thiol groups is 1. The number of rotatable bonds is 3. The first-order valence-electron chi connectivity index (χ1n) is 10.2. The van der Waals surface area contributed by atoms with Crippen LogP contribution in [0, 0.1) is 13.8 Å². The van der Waals surface area contributed by atoms with E-state index in [2.05, 4.69) is 77.9 Å². The van der Waals surface area contributed by atoms with E-state index in [-0.39, 0.29) is 12.4 Å². The zero-order valence-corrected chi connectivity index (χ0v) is 19.0. The third-order valence-electron chi connectivity index (χ3n) is 6.22. The van der Waals surface area contributed by atoms with E-state index in [1.807, 2.05) is 6.20 Å². The number of halogens is 1. The quantitative estimate of drug-likeness (QED) is 0.400. The van der Waals surface area contributed by atoms with Crippen LogP contribution in [0.15, 0.2) is 65.7 Å². The Labute approximate surface area is 189 Å². The molecule has 4 aromatic rings. The molecule has 0 saturated heterocycles. The highest BCUT2D eigenvalue weighted by atomic mass is 35.5. The lowest BCUT2D eigenvalue weighted by molar-refractivity contribution is 0.716. The van der Waals surface area contributed by atoms with Crippen molar-refractivity contribution in [3.63, 3.8) is 0 Å². The van der Waals surface area contributed by atoms with E-state index in [0.29, 0.717) is 0 Å². The van der Waals surface area contributed by atoms with Crippen LogP contribution in [0.5, 0.6) is 0 Å². The molecule has 0 unspecified atom stereocenters. The van der Waals surface area contributed by atoms with Crippen molar-refractivity contribution in [1.29, 1.82) is 0 Å². The van der Waals surface area contributed by atoms with Gasteiger partial charge in [-0.05, 0) is 42.5 Å². The minimum atomic E-state index is 0. The SMILES string of the molecule is Cc1c(C)n(Cc2ccccc2)c2c(N3CCc4ccccc4C3)ncc(S)c12.Cl. The van der Waals surface area contributed by atoms with E-state index in [9.17, 15) is 0 Å². The molecule has 0 N–H and O–H groups in total. The van der Waals surface area contributed by atoms with Crippen molar-refractivity contribution in [1.82, 2.24) is 9.55 Å². The number of hydrogen-bond donors (Lipinski definition) is 1. The van der Waals surface area contributed by atoms with Crippen LogP contribution in [-0.2, 0) is 19.5 Å². The highest BCUT2D eigenvalue weighted by molar-refractivity contribution is 7.80. The lowest BCUT2D eigenvalue weighted by atomic mass is 10.00. The molecule has 0 fully saturated rings. The van der Waals surface area contributed by atoms with Gasteiger partial charge in [0.2, 0.25) is 0 Å². The van der Waals surface area contributed by atoms with Crippen molar-refractivity contribution in [2.24, 2.45) is 0 Å². The van der Waals surface area contributed by atoms with Gasteiger partial charge in [-0.1, -0.05) is 54.6 Å². The van der Waals surface area contributed by atoms with Crippen molar-refractivity contribution in [2.75, 3.05) is 11.4 Å². The molecule has 0 atom stereocenters. The summed E-state index contributed by atoms with van der Waals surface area (Å²) in [6.45, 7) is 7.14. The summed E-state index contributed by atoms with van der Waals surface area (Å²) in [5, 5.41) is 1.23. The lowest BCUT2D eigenvalue weighted by Crippen LogP contribution is -2.31. The zero-order valence-electron chi connectivity index (χ0n) is 17.3. The van der Waals surface area contributed by atoms with Gasteiger partial charge < -0.3 is 9.47 Å². The zero-order chi connectivity index (χ0) is 20.0. The first kappa shape index (κ1) is 20.8. The van der Waals surface area contributed by atoms with E-state index in [0.717, 1.165) is 36.8 Å². The Morgan fingerprint density at radius 1 is 0.967 bits per heavy atom. The topological polar surface area (TPSA) is 21.1 Å². The van der Waals surface area contributed by atoms with Crippen LogP contribution in [0.25, 0.3) is 10.9 Å². The van der Waals surface area contributed by atoms with Crippen LogP contribution < -0.4 is 4.90 Å². The number of nitrogens with zero attached hydrogens (tertiary/aromatic N) is 3. The molecule has 5 heteroatoms. The Morgan fingerprint density at radius 2 is 1.67 bits per heavy atom. The molecule has 0 bridgehead atoms. The second-order valence-corrected chi connectivity index (χ2v) is 8.39. The molecule has 0 amide bonds. The van der Waals surface area contributed by atoms with E-state index >= 15 is 0 Å². The van der Waals surface area contributed by atoms with Crippen LogP contribution in [-0.4, -0.2) is 16.1 Å². The number of anilines is 1. The predicted octanol–water partition coefficient (Wildman–Crippen LogP) is 5.97. The summed E-state index contributed by atoms with van der Waals surface area (Å²) in [6.07, 6.45) is 2.97. The molecule has 2 aromatic heterocycles. The Hall–Kier alpha value is -2.43.